The zero-order valence-corrected chi connectivity index (χ0v) is 12.9. The molecule has 0 aliphatic rings. The molecule has 1 N–H and O–H groups in total. The third-order valence-electron chi connectivity index (χ3n) is 2.80. The van der Waals surface area contributed by atoms with Gasteiger partial charge in [-0.25, -0.2) is 9.67 Å². The predicted molar refractivity (Wildman–Crippen MR) is 81.4 cm³/mol. The number of halogens is 1. The van der Waals surface area contributed by atoms with E-state index >= 15 is 0 Å². The van der Waals surface area contributed by atoms with Gasteiger partial charge in [-0.2, -0.15) is 0 Å². The third kappa shape index (κ3) is 4.45. The first-order chi connectivity index (χ1) is 9.67. The van der Waals surface area contributed by atoms with Gasteiger partial charge in [-0.1, -0.05) is 41.4 Å². The van der Waals surface area contributed by atoms with E-state index in [9.17, 15) is 4.79 Å². The number of rotatable bonds is 6. The van der Waals surface area contributed by atoms with Crippen LogP contribution in [0.25, 0.3) is 0 Å². The molecule has 5 nitrogen and oxygen atoms in total. The smallest absolute Gasteiger partial charge is 0.248 e. The van der Waals surface area contributed by atoms with Crippen molar-refractivity contribution in [3.05, 3.63) is 40.6 Å². The van der Waals surface area contributed by atoms with Crippen LogP contribution in [0, 0.1) is 0 Å². The molecule has 1 aromatic carbocycles. The summed E-state index contributed by atoms with van der Waals surface area (Å²) in [5, 5.41) is 6.94. The van der Waals surface area contributed by atoms with Crippen LogP contribution in [0.4, 0.5) is 5.95 Å². The highest BCUT2D eigenvalue weighted by Crippen LogP contribution is 2.11. The molecular formula is C14H17BrN4O. The van der Waals surface area contributed by atoms with Crippen molar-refractivity contribution in [2.24, 2.45) is 0 Å². The Balaban J connectivity index is 1.91. The number of hydrogen-bond acceptors (Lipinski definition) is 3. The molecule has 2 aromatic rings. The first kappa shape index (κ1) is 14.7. The number of nitrogens with zero attached hydrogens (tertiary/aromatic N) is 3. The van der Waals surface area contributed by atoms with Crippen LogP contribution in [-0.2, 0) is 11.3 Å². The minimum atomic E-state index is -0.0340. The molecule has 0 aliphatic carbocycles. The van der Waals surface area contributed by atoms with Crippen molar-refractivity contribution in [1.82, 2.24) is 14.8 Å². The Kier molecular flexibility index (Phi) is 5.29. The highest BCUT2D eigenvalue weighted by Gasteiger charge is 2.06. The predicted octanol–water partition coefficient (Wildman–Crippen LogP) is 3.22. The molecule has 0 radical (unpaired) electrons. The lowest BCUT2D eigenvalue weighted by Gasteiger charge is -2.01. The van der Waals surface area contributed by atoms with Crippen molar-refractivity contribution < 1.29 is 4.79 Å². The average Bonchev–Trinajstić information content (AvgIpc) is 2.86. The van der Waals surface area contributed by atoms with E-state index in [1.54, 1.807) is 11.0 Å². The molecule has 2 rings (SSSR count). The monoisotopic (exact) mass is 336 g/mol. The summed E-state index contributed by atoms with van der Waals surface area (Å²) in [4.78, 5) is 15.7. The molecular weight excluding hydrogens is 320 g/mol. The summed E-state index contributed by atoms with van der Waals surface area (Å²) in [7, 11) is 0. The number of aromatic nitrogens is 3. The number of carbonyl (C=O) groups is 1. The summed E-state index contributed by atoms with van der Waals surface area (Å²) < 4.78 is 2.75. The fourth-order valence-corrected chi connectivity index (χ4v) is 1.99. The van der Waals surface area contributed by atoms with Crippen molar-refractivity contribution in [2.75, 3.05) is 5.32 Å². The molecule has 0 unspecified atom stereocenters. The molecule has 0 atom stereocenters. The summed E-state index contributed by atoms with van der Waals surface area (Å²) >= 11 is 3.40. The van der Waals surface area contributed by atoms with Crippen LogP contribution in [0.1, 0.15) is 31.7 Å². The van der Waals surface area contributed by atoms with Crippen LogP contribution in [0.2, 0.25) is 0 Å². The van der Waals surface area contributed by atoms with E-state index in [0.29, 0.717) is 18.9 Å². The van der Waals surface area contributed by atoms with E-state index in [4.69, 9.17) is 0 Å². The normalized spacial score (nSPS) is 10.5. The second kappa shape index (κ2) is 7.19. The Morgan fingerprint density at radius 1 is 1.35 bits per heavy atom. The van der Waals surface area contributed by atoms with Gasteiger partial charge in [0.1, 0.15) is 6.33 Å². The number of hydrogen-bond donors (Lipinski definition) is 1. The molecule has 20 heavy (non-hydrogen) atoms. The summed E-state index contributed by atoms with van der Waals surface area (Å²) in [5.74, 6) is 0.330. The Hall–Kier alpha value is -1.69. The zero-order valence-electron chi connectivity index (χ0n) is 11.3. The number of unbranched alkanes of at least 4 members (excludes halogenated alkanes) is 1. The lowest BCUT2D eigenvalue weighted by molar-refractivity contribution is -0.116. The fourth-order valence-electron chi connectivity index (χ4n) is 1.73. The van der Waals surface area contributed by atoms with Gasteiger partial charge in [-0.05, 0) is 24.1 Å². The van der Waals surface area contributed by atoms with Crippen LogP contribution in [-0.4, -0.2) is 20.7 Å². The first-order valence-corrected chi connectivity index (χ1v) is 7.40. The van der Waals surface area contributed by atoms with Gasteiger partial charge in [0.2, 0.25) is 11.9 Å². The van der Waals surface area contributed by atoms with E-state index < -0.39 is 0 Å². The molecule has 106 valence electrons. The van der Waals surface area contributed by atoms with Gasteiger partial charge in [0.05, 0.1) is 6.54 Å². The molecule has 0 saturated carbocycles. The number of nitrogens with one attached hydrogen (secondary N) is 1. The topological polar surface area (TPSA) is 59.8 Å². The molecule has 1 aromatic heterocycles. The maximum absolute atomic E-state index is 11.6. The van der Waals surface area contributed by atoms with Crippen molar-refractivity contribution in [1.29, 1.82) is 0 Å². The maximum atomic E-state index is 11.6. The van der Waals surface area contributed by atoms with Gasteiger partial charge in [-0.15, -0.1) is 5.10 Å². The molecule has 0 bridgehead atoms. The summed E-state index contributed by atoms with van der Waals surface area (Å²) in [5.41, 5.74) is 1.13. The standard InChI is InChI=1S/C14H17BrN4O/c1-2-3-4-13(20)17-14-16-10-19(18-14)9-11-5-7-12(15)8-6-11/h5-8,10H,2-4,9H2,1H3,(H,17,18,20). The van der Waals surface area contributed by atoms with Gasteiger partial charge in [0, 0.05) is 10.9 Å². The van der Waals surface area contributed by atoms with Crippen LogP contribution < -0.4 is 5.32 Å². The Morgan fingerprint density at radius 2 is 2.10 bits per heavy atom. The average molecular weight is 337 g/mol. The Bertz CT molecular complexity index is 565. The SMILES string of the molecule is CCCCC(=O)Nc1ncn(Cc2ccc(Br)cc2)n1. The quantitative estimate of drug-likeness (QED) is 0.880. The summed E-state index contributed by atoms with van der Waals surface area (Å²) in [6.07, 6.45) is 4.01. The van der Waals surface area contributed by atoms with E-state index in [0.717, 1.165) is 22.9 Å². The van der Waals surface area contributed by atoms with Crippen molar-refractivity contribution in [2.45, 2.75) is 32.7 Å². The van der Waals surface area contributed by atoms with Crippen LogP contribution >= 0.6 is 15.9 Å². The zero-order chi connectivity index (χ0) is 14.4. The maximum Gasteiger partial charge on any atom is 0.248 e. The molecule has 0 fully saturated rings. The number of benzene rings is 1. The van der Waals surface area contributed by atoms with Crippen LogP contribution in [0.5, 0.6) is 0 Å². The van der Waals surface area contributed by atoms with Crippen molar-refractivity contribution in [3.8, 4) is 0 Å². The second-order valence-corrected chi connectivity index (χ2v) is 5.46. The van der Waals surface area contributed by atoms with Crippen LogP contribution in [0.15, 0.2) is 35.1 Å². The largest absolute Gasteiger partial charge is 0.293 e. The van der Waals surface area contributed by atoms with Gasteiger partial charge in [0.15, 0.2) is 0 Å². The lowest BCUT2D eigenvalue weighted by atomic mass is 10.2. The molecule has 6 heteroatoms. The van der Waals surface area contributed by atoms with Gasteiger partial charge < -0.3 is 0 Å². The summed E-state index contributed by atoms with van der Waals surface area (Å²) in [6.45, 7) is 2.68. The van der Waals surface area contributed by atoms with Gasteiger partial charge >= 0.3 is 0 Å². The first-order valence-electron chi connectivity index (χ1n) is 6.61. The summed E-state index contributed by atoms with van der Waals surface area (Å²) in [6, 6.07) is 8.01. The minimum Gasteiger partial charge on any atom is -0.293 e. The molecule has 0 saturated heterocycles. The number of anilines is 1. The lowest BCUT2D eigenvalue weighted by Crippen LogP contribution is -2.12. The highest BCUT2D eigenvalue weighted by molar-refractivity contribution is 9.10. The molecule has 0 aliphatic heterocycles. The second-order valence-electron chi connectivity index (χ2n) is 4.54. The van der Waals surface area contributed by atoms with E-state index in [-0.39, 0.29) is 5.91 Å². The van der Waals surface area contributed by atoms with Gasteiger partial charge in [-0.3, -0.25) is 10.1 Å². The van der Waals surface area contributed by atoms with E-state index in [1.807, 2.05) is 24.3 Å². The molecule has 1 amide bonds. The Labute approximate surface area is 126 Å². The van der Waals surface area contributed by atoms with E-state index in [2.05, 4.69) is 38.3 Å². The molecule has 1 heterocycles. The van der Waals surface area contributed by atoms with Crippen molar-refractivity contribution in [3.63, 3.8) is 0 Å². The van der Waals surface area contributed by atoms with Crippen LogP contribution in [0.3, 0.4) is 0 Å². The van der Waals surface area contributed by atoms with E-state index in [1.165, 1.54) is 0 Å². The molecule has 0 spiro atoms. The van der Waals surface area contributed by atoms with Crippen molar-refractivity contribution >= 4 is 27.8 Å². The third-order valence-corrected chi connectivity index (χ3v) is 3.33. The number of amides is 1. The highest BCUT2D eigenvalue weighted by atomic mass is 79.9. The minimum absolute atomic E-state index is 0.0340. The number of carbonyl (C=O) groups excluding carboxylic acids is 1. The Morgan fingerprint density at radius 3 is 2.80 bits per heavy atom. The fraction of sp³-hybridized carbons (Fsp3) is 0.357. The van der Waals surface area contributed by atoms with Gasteiger partial charge in [0.25, 0.3) is 0 Å².